The highest BCUT2D eigenvalue weighted by Crippen LogP contribution is 2.23. The molecule has 0 aliphatic rings. The van der Waals surface area contributed by atoms with Gasteiger partial charge in [0, 0.05) is 20.7 Å². The Morgan fingerprint density at radius 2 is 2.10 bits per heavy atom. The number of methoxy groups -OCH3 is 1. The number of ether oxygens (including phenoxy) is 1. The SMILES string of the molecule is COC(C(=O)N(C)Cc1csc(Br)c1)c1ccccc1. The number of benzene rings is 1. The van der Waals surface area contributed by atoms with Crippen LogP contribution in [0.4, 0.5) is 0 Å². The first kappa shape index (κ1) is 15.2. The average molecular weight is 354 g/mol. The lowest BCUT2D eigenvalue weighted by atomic mass is 10.1. The van der Waals surface area contributed by atoms with Gasteiger partial charge in [0.25, 0.3) is 5.91 Å². The zero-order valence-electron chi connectivity index (χ0n) is 11.4. The summed E-state index contributed by atoms with van der Waals surface area (Å²) in [4.78, 5) is 14.2. The molecule has 0 aliphatic heterocycles. The smallest absolute Gasteiger partial charge is 0.256 e. The Hall–Kier alpha value is -1.17. The summed E-state index contributed by atoms with van der Waals surface area (Å²) in [5.41, 5.74) is 1.99. The molecule has 1 aromatic carbocycles. The summed E-state index contributed by atoms with van der Waals surface area (Å²) < 4.78 is 6.43. The van der Waals surface area contributed by atoms with Crippen molar-refractivity contribution in [2.75, 3.05) is 14.2 Å². The predicted octanol–water partition coefficient (Wildman–Crippen LogP) is 3.86. The molecule has 0 spiro atoms. The fourth-order valence-electron chi connectivity index (χ4n) is 1.99. The number of rotatable bonds is 5. The number of likely N-dealkylation sites (N-methyl/N-ethyl adjacent to an activating group) is 1. The molecular weight excluding hydrogens is 338 g/mol. The van der Waals surface area contributed by atoms with E-state index in [1.165, 1.54) is 0 Å². The summed E-state index contributed by atoms with van der Waals surface area (Å²) in [7, 11) is 3.35. The highest BCUT2D eigenvalue weighted by Gasteiger charge is 2.23. The maximum absolute atomic E-state index is 12.5. The standard InChI is InChI=1S/C15H16BrNO2S/c1-17(9-11-8-13(16)20-10-11)15(18)14(19-2)12-6-4-3-5-7-12/h3-8,10,14H,9H2,1-2H3. The largest absolute Gasteiger partial charge is 0.367 e. The maximum atomic E-state index is 12.5. The second-order valence-electron chi connectivity index (χ2n) is 4.48. The first-order valence-corrected chi connectivity index (χ1v) is 7.84. The van der Waals surface area contributed by atoms with Crippen LogP contribution < -0.4 is 0 Å². The van der Waals surface area contributed by atoms with Crippen molar-refractivity contribution in [1.82, 2.24) is 4.90 Å². The van der Waals surface area contributed by atoms with Gasteiger partial charge in [-0.25, -0.2) is 0 Å². The minimum Gasteiger partial charge on any atom is -0.367 e. The van der Waals surface area contributed by atoms with Gasteiger partial charge in [0.05, 0.1) is 3.79 Å². The van der Waals surface area contributed by atoms with E-state index in [4.69, 9.17) is 4.74 Å². The molecule has 2 rings (SSSR count). The molecule has 5 heteroatoms. The van der Waals surface area contributed by atoms with Crippen LogP contribution in [0.1, 0.15) is 17.2 Å². The van der Waals surface area contributed by atoms with E-state index in [1.54, 1.807) is 30.4 Å². The molecule has 1 aromatic heterocycles. The van der Waals surface area contributed by atoms with Crippen molar-refractivity contribution in [2.24, 2.45) is 0 Å². The lowest BCUT2D eigenvalue weighted by Gasteiger charge is -2.22. The van der Waals surface area contributed by atoms with Crippen LogP contribution in [-0.4, -0.2) is 25.0 Å². The Bertz CT molecular complexity index is 570. The van der Waals surface area contributed by atoms with Crippen LogP contribution in [0.3, 0.4) is 0 Å². The molecule has 1 amide bonds. The minimum absolute atomic E-state index is 0.0407. The summed E-state index contributed by atoms with van der Waals surface area (Å²) in [5.74, 6) is -0.0407. The molecule has 0 saturated heterocycles. The van der Waals surface area contributed by atoms with Crippen molar-refractivity contribution < 1.29 is 9.53 Å². The maximum Gasteiger partial charge on any atom is 0.256 e. The first-order valence-electron chi connectivity index (χ1n) is 6.17. The zero-order valence-corrected chi connectivity index (χ0v) is 13.8. The fourth-order valence-corrected chi connectivity index (χ4v) is 3.19. The molecule has 1 heterocycles. The van der Waals surface area contributed by atoms with Gasteiger partial charge in [0.1, 0.15) is 0 Å². The van der Waals surface area contributed by atoms with E-state index in [2.05, 4.69) is 15.9 Å². The molecular formula is C15H16BrNO2S. The van der Waals surface area contributed by atoms with Crippen LogP contribution in [0.15, 0.2) is 45.6 Å². The minimum atomic E-state index is -0.553. The van der Waals surface area contributed by atoms with E-state index >= 15 is 0 Å². The van der Waals surface area contributed by atoms with Crippen molar-refractivity contribution in [2.45, 2.75) is 12.6 Å². The molecule has 1 atom stereocenters. The molecule has 3 nitrogen and oxygen atoms in total. The summed E-state index contributed by atoms with van der Waals surface area (Å²) in [6, 6.07) is 11.6. The Morgan fingerprint density at radius 3 is 2.65 bits per heavy atom. The van der Waals surface area contributed by atoms with Gasteiger partial charge in [-0.1, -0.05) is 30.3 Å². The van der Waals surface area contributed by atoms with Crippen LogP contribution in [0, 0.1) is 0 Å². The van der Waals surface area contributed by atoms with Crippen LogP contribution in [-0.2, 0) is 16.1 Å². The quantitative estimate of drug-likeness (QED) is 0.816. The van der Waals surface area contributed by atoms with Gasteiger partial charge >= 0.3 is 0 Å². The van der Waals surface area contributed by atoms with Crippen LogP contribution >= 0.6 is 27.3 Å². The van der Waals surface area contributed by atoms with Crippen molar-refractivity contribution >= 4 is 33.2 Å². The van der Waals surface area contributed by atoms with E-state index in [0.29, 0.717) is 6.54 Å². The summed E-state index contributed by atoms with van der Waals surface area (Å²) in [5, 5.41) is 2.04. The molecule has 0 N–H and O–H groups in total. The van der Waals surface area contributed by atoms with Gasteiger partial charge in [-0.15, -0.1) is 11.3 Å². The van der Waals surface area contributed by atoms with Crippen LogP contribution in [0.25, 0.3) is 0 Å². The van der Waals surface area contributed by atoms with Gasteiger partial charge in [-0.2, -0.15) is 0 Å². The number of hydrogen-bond acceptors (Lipinski definition) is 3. The molecule has 0 fully saturated rings. The van der Waals surface area contributed by atoms with Crippen molar-refractivity contribution in [1.29, 1.82) is 0 Å². The van der Waals surface area contributed by atoms with E-state index < -0.39 is 6.10 Å². The molecule has 20 heavy (non-hydrogen) atoms. The Labute approximate surface area is 131 Å². The second-order valence-corrected chi connectivity index (χ2v) is 6.77. The van der Waals surface area contributed by atoms with Crippen molar-refractivity contribution in [3.05, 3.63) is 56.7 Å². The Morgan fingerprint density at radius 1 is 1.40 bits per heavy atom. The van der Waals surface area contributed by atoms with Crippen LogP contribution in [0.2, 0.25) is 0 Å². The molecule has 0 bridgehead atoms. The van der Waals surface area contributed by atoms with E-state index in [-0.39, 0.29) is 5.91 Å². The number of carbonyl (C=O) groups is 1. The zero-order chi connectivity index (χ0) is 14.5. The molecule has 0 aliphatic carbocycles. The summed E-state index contributed by atoms with van der Waals surface area (Å²) in [6.45, 7) is 0.577. The third-order valence-electron chi connectivity index (χ3n) is 2.98. The molecule has 1 unspecified atom stereocenters. The third kappa shape index (κ3) is 3.69. The number of nitrogens with zero attached hydrogens (tertiary/aromatic N) is 1. The highest BCUT2D eigenvalue weighted by molar-refractivity contribution is 9.11. The van der Waals surface area contributed by atoms with Crippen LogP contribution in [0.5, 0.6) is 0 Å². The Balaban J connectivity index is 2.08. The molecule has 2 aromatic rings. The predicted molar refractivity (Wildman–Crippen MR) is 84.7 cm³/mol. The van der Waals surface area contributed by atoms with Gasteiger partial charge in [-0.05, 0) is 38.5 Å². The number of halogens is 1. The monoisotopic (exact) mass is 353 g/mol. The lowest BCUT2D eigenvalue weighted by molar-refractivity contribution is -0.141. The summed E-state index contributed by atoms with van der Waals surface area (Å²) in [6.07, 6.45) is -0.553. The van der Waals surface area contributed by atoms with Crippen molar-refractivity contribution in [3.63, 3.8) is 0 Å². The van der Waals surface area contributed by atoms with Gasteiger partial charge in [-0.3, -0.25) is 4.79 Å². The van der Waals surface area contributed by atoms with E-state index in [0.717, 1.165) is 14.9 Å². The fraction of sp³-hybridized carbons (Fsp3) is 0.267. The third-order valence-corrected chi connectivity index (χ3v) is 4.53. The average Bonchev–Trinajstić information content (AvgIpc) is 2.86. The number of hydrogen-bond donors (Lipinski definition) is 0. The molecule has 106 valence electrons. The van der Waals surface area contributed by atoms with Crippen molar-refractivity contribution in [3.8, 4) is 0 Å². The van der Waals surface area contributed by atoms with E-state index in [1.807, 2.05) is 41.8 Å². The summed E-state index contributed by atoms with van der Waals surface area (Å²) >= 11 is 5.04. The first-order chi connectivity index (χ1) is 9.61. The number of carbonyl (C=O) groups excluding carboxylic acids is 1. The highest BCUT2D eigenvalue weighted by atomic mass is 79.9. The van der Waals surface area contributed by atoms with Gasteiger partial charge in [0.15, 0.2) is 6.10 Å². The topological polar surface area (TPSA) is 29.5 Å². The number of thiophene rings is 1. The van der Waals surface area contributed by atoms with Gasteiger partial charge in [0.2, 0.25) is 0 Å². The van der Waals surface area contributed by atoms with Gasteiger partial charge < -0.3 is 9.64 Å². The second kappa shape index (κ2) is 7.02. The molecule has 0 saturated carbocycles. The normalized spacial score (nSPS) is 12.2. The van der Waals surface area contributed by atoms with E-state index in [9.17, 15) is 4.79 Å². The Kier molecular flexibility index (Phi) is 5.34. The molecule has 0 radical (unpaired) electrons. The number of amides is 1. The lowest BCUT2D eigenvalue weighted by Crippen LogP contribution is -2.32.